The lowest BCUT2D eigenvalue weighted by Gasteiger charge is -2.16. The van der Waals surface area contributed by atoms with Gasteiger partial charge in [0.2, 0.25) is 5.75 Å². The fraction of sp³-hybridized carbons (Fsp3) is 0.200. The van der Waals surface area contributed by atoms with Crippen molar-refractivity contribution in [3.8, 4) is 28.7 Å². The molecule has 3 rings (SSSR count). The van der Waals surface area contributed by atoms with Crippen molar-refractivity contribution in [2.75, 3.05) is 40.3 Å². The normalized spacial score (nSPS) is 11.3. The van der Waals surface area contributed by atoms with E-state index in [2.05, 4.69) is 4.72 Å². The highest BCUT2D eigenvalue weighted by Gasteiger charge is 2.20. The average Bonchev–Trinajstić information content (AvgIpc) is 2.86. The van der Waals surface area contributed by atoms with Gasteiger partial charge < -0.3 is 23.7 Å². The molecule has 0 unspecified atom stereocenters. The zero-order chi connectivity index (χ0) is 25.6. The van der Waals surface area contributed by atoms with E-state index in [9.17, 15) is 12.8 Å². The molecule has 10 heteroatoms. The van der Waals surface area contributed by atoms with Crippen LogP contribution in [-0.2, 0) is 10.0 Å². The standard InChI is InChI=1S/C25H26FNO7S/c1-30-21-13-16(6-7-17-14-22(31-2)25(34-5)23(15-17)32-3)12-20(24(21)33-4)27-35(28,29)19-10-8-18(26)9-11-19/h6-15,27H,1-5H3. The van der Waals surface area contributed by atoms with Gasteiger partial charge in [-0.1, -0.05) is 12.2 Å². The third kappa shape index (κ3) is 5.78. The molecular formula is C25H26FNO7S. The van der Waals surface area contributed by atoms with Crippen molar-refractivity contribution in [1.82, 2.24) is 0 Å². The summed E-state index contributed by atoms with van der Waals surface area (Å²) in [5.41, 5.74) is 1.52. The van der Waals surface area contributed by atoms with Crippen LogP contribution in [0.2, 0.25) is 0 Å². The highest BCUT2D eigenvalue weighted by atomic mass is 32.2. The van der Waals surface area contributed by atoms with Gasteiger partial charge in [-0.25, -0.2) is 12.8 Å². The summed E-state index contributed by atoms with van der Waals surface area (Å²) < 4.78 is 68.4. The molecule has 0 radical (unpaired) electrons. The molecule has 0 aliphatic rings. The van der Waals surface area contributed by atoms with E-state index >= 15 is 0 Å². The second kappa shape index (κ2) is 11.0. The van der Waals surface area contributed by atoms with Gasteiger partial charge in [0.05, 0.1) is 46.1 Å². The second-order valence-corrected chi connectivity index (χ2v) is 8.84. The molecule has 186 valence electrons. The highest BCUT2D eigenvalue weighted by molar-refractivity contribution is 7.92. The first-order valence-electron chi connectivity index (χ1n) is 10.3. The third-order valence-corrected chi connectivity index (χ3v) is 6.41. The summed E-state index contributed by atoms with van der Waals surface area (Å²) in [5, 5.41) is 0. The zero-order valence-electron chi connectivity index (χ0n) is 19.9. The number of nitrogens with one attached hydrogen (secondary N) is 1. The Kier molecular flexibility index (Phi) is 8.08. The predicted molar refractivity (Wildman–Crippen MR) is 132 cm³/mol. The maximum atomic E-state index is 13.3. The van der Waals surface area contributed by atoms with Crippen molar-refractivity contribution in [3.05, 3.63) is 65.5 Å². The summed E-state index contributed by atoms with van der Waals surface area (Å²) in [6.07, 6.45) is 3.56. The second-order valence-electron chi connectivity index (χ2n) is 7.16. The summed E-state index contributed by atoms with van der Waals surface area (Å²) in [7, 11) is 3.40. The minimum absolute atomic E-state index is 0.0988. The number of rotatable bonds is 10. The van der Waals surface area contributed by atoms with E-state index in [4.69, 9.17) is 23.7 Å². The van der Waals surface area contributed by atoms with Crippen LogP contribution in [0.25, 0.3) is 12.2 Å². The number of anilines is 1. The molecule has 0 aliphatic heterocycles. The third-order valence-electron chi connectivity index (χ3n) is 5.02. The average molecular weight is 504 g/mol. The van der Waals surface area contributed by atoms with Gasteiger partial charge >= 0.3 is 0 Å². The predicted octanol–water partition coefficient (Wildman–Crippen LogP) is 4.84. The van der Waals surface area contributed by atoms with Crippen LogP contribution in [0.5, 0.6) is 28.7 Å². The Morgan fingerprint density at radius 1 is 0.686 bits per heavy atom. The quantitative estimate of drug-likeness (QED) is 0.396. The van der Waals surface area contributed by atoms with Crippen LogP contribution in [-0.4, -0.2) is 44.0 Å². The van der Waals surface area contributed by atoms with Gasteiger partial charge in [-0.05, 0) is 59.7 Å². The lowest BCUT2D eigenvalue weighted by molar-refractivity contribution is 0.324. The Bertz CT molecular complexity index is 1300. The number of halogens is 1. The molecule has 0 saturated carbocycles. The Hall–Kier alpha value is -3.92. The summed E-state index contributed by atoms with van der Waals surface area (Å²) in [4.78, 5) is -0.0988. The van der Waals surface area contributed by atoms with E-state index in [0.29, 0.717) is 28.6 Å². The topological polar surface area (TPSA) is 92.3 Å². The smallest absolute Gasteiger partial charge is 0.262 e. The molecule has 0 spiro atoms. The van der Waals surface area contributed by atoms with Crippen molar-refractivity contribution >= 4 is 27.9 Å². The van der Waals surface area contributed by atoms with Gasteiger partial charge in [-0.2, -0.15) is 0 Å². The van der Waals surface area contributed by atoms with Crippen LogP contribution < -0.4 is 28.4 Å². The summed E-state index contributed by atoms with van der Waals surface area (Å²) in [6, 6.07) is 11.3. The minimum Gasteiger partial charge on any atom is -0.493 e. The van der Waals surface area contributed by atoms with Crippen molar-refractivity contribution < 1.29 is 36.5 Å². The molecule has 0 heterocycles. The largest absolute Gasteiger partial charge is 0.493 e. The van der Waals surface area contributed by atoms with Gasteiger partial charge in [0.25, 0.3) is 10.0 Å². The molecule has 0 saturated heterocycles. The van der Waals surface area contributed by atoms with Crippen LogP contribution in [0.15, 0.2) is 53.4 Å². The number of ether oxygens (including phenoxy) is 5. The number of hydrogen-bond acceptors (Lipinski definition) is 7. The van der Waals surface area contributed by atoms with Gasteiger partial charge in [0.1, 0.15) is 5.82 Å². The van der Waals surface area contributed by atoms with E-state index in [1.807, 2.05) is 0 Å². The monoisotopic (exact) mass is 503 g/mol. The van der Waals surface area contributed by atoms with E-state index < -0.39 is 15.8 Å². The van der Waals surface area contributed by atoms with Crippen LogP contribution in [0.1, 0.15) is 11.1 Å². The minimum atomic E-state index is -4.02. The van der Waals surface area contributed by atoms with Crippen LogP contribution in [0.3, 0.4) is 0 Å². The molecule has 0 amide bonds. The first-order valence-corrected chi connectivity index (χ1v) is 11.8. The Labute approximate surface area is 203 Å². The van der Waals surface area contributed by atoms with Crippen molar-refractivity contribution in [1.29, 1.82) is 0 Å². The molecule has 35 heavy (non-hydrogen) atoms. The molecule has 3 aromatic rings. The molecule has 8 nitrogen and oxygen atoms in total. The van der Waals surface area contributed by atoms with Crippen molar-refractivity contribution in [2.45, 2.75) is 4.90 Å². The van der Waals surface area contributed by atoms with E-state index in [1.165, 1.54) is 47.7 Å². The summed E-state index contributed by atoms with van der Waals surface area (Å²) in [6.45, 7) is 0. The van der Waals surface area contributed by atoms with E-state index in [1.54, 1.807) is 36.4 Å². The van der Waals surface area contributed by atoms with Crippen molar-refractivity contribution in [3.63, 3.8) is 0 Å². The number of sulfonamides is 1. The first kappa shape index (κ1) is 25.7. The molecule has 0 bridgehead atoms. The van der Waals surface area contributed by atoms with Crippen molar-refractivity contribution in [2.24, 2.45) is 0 Å². The molecule has 0 aliphatic carbocycles. The van der Waals surface area contributed by atoms with Crippen LogP contribution in [0, 0.1) is 5.82 Å². The van der Waals surface area contributed by atoms with Gasteiger partial charge in [-0.3, -0.25) is 4.72 Å². The molecule has 0 aromatic heterocycles. The van der Waals surface area contributed by atoms with E-state index in [0.717, 1.165) is 17.7 Å². The summed E-state index contributed by atoms with van der Waals surface area (Å²) in [5.74, 6) is 1.43. The summed E-state index contributed by atoms with van der Waals surface area (Å²) >= 11 is 0. The highest BCUT2D eigenvalue weighted by Crippen LogP contribution is 2.40. The fourth-order valence-corrected chi connectivity index (χ4v) is 4.42. The SMILES string of the molecule is COc1cc(C=Cc2cc(OC)c(OC)c(OC)c2)cc(NS(=O)(=O)c2ccc(F)cc2)c1OC. The zero-order valence-corrected chi connectivity index (χ0v) is 20.7. The molecular weight excluding hydrogens is 477 g/mol. The number of methoxy groups -OCH3 is 5. The Balaban J connectivity index is 2.02. The van der Waals surface area contributed by atoms with Gasteiger partial charge in [0.15, 0.2) is 23.0 Å². The lowest BCUT2D eigenvalue weighted by atomic mass is 10.1. The first-order chi connectivity index (χ1) is 16.8. The maximum absolute atomic E-state index is 13.3. The van der Waals surface area contributed by atoms with Crippen LogP contribution in [0.4, 0.5) is 10.1 Å². The Morgan fingerprint density at radius 2 is 1.14 bits per heavy atom. The Morgan fingerprint density at radius 3 is 1.60 bits per heavy atom. The van der Waals surface area contributed by atoms with Crippen LogP contribution >= 0.6 is 0 Å². The van der Waals surface area contributed by atoms with Gasteiger partial charge in [0, 0.05) is 0 Å². The number of hydrogen-bond donors (Lipinski definition) is 1. The number of benzene rings is 3. The molecule has 0 fully saturated rings. The lowest BCUT2D eigenvalue weighted by Crippen LogP contribution is -2.14. The van der Waals surface area contributed by atoms with Gasteiger partial charge in [-0.15, -0.1) is 0 Å². The molecule has 1 N–H and O–H groups in total. The molecule has 0 atom stereocenters. The van der Waals surface area contributed by atoms with E-state index in [-0.39, 0.29) is 16.3 Å². The fourth-order valence-electron chi connectivity index (χ4n) is 3.37. The maximum Gasteiger partial charge on any atom is 0.262 e. The molecule has 3 aromatic carbocycles.